The van der Waals surface area contributed by atoms with Crippen LogP contribution in [0, 0.1) is 0 Å². The van der Waals surface area contributed by atoms with Crippen molar-refractivity contribution in [2.75, 3.05) is 0 Å². The highest BCUT2D eigenvalue weighted by Gasteiger charge is 3.11. The summed E-state index contributed by atoms with van der Waals surface area (Å²) in [6, 6.07) is 0. The molecule has 22 heteroatoms. The van der Waals surface area contributed by atoms with Gasteiger partial charge < -0.3 is 9.47 Å². The molecule has 0 saturated heterocycles. The predicted molar refractivity (Wildman–Crippen MR) is 79.8 cm³/mol. The van der Waals surface area contributed by atoms with E-state index in [9.17, 15) is 79.8 Å². The number of carbonyl (C=O) groups is 2. The summed E-state index contributed by atoms with van der Waals surface area (Å²) in [5.41, 5.74) is -18.6. The van der Waals surface area contributed by atoms with Gasteiger partial charge in [-0.25, -0.2) is 18.4 Å². The van der Waals surface area contributed by atoms with Crippen LogP contribution in [0.4, 0.5) is 79.0 Å². The summed E-state index contributed by atoms with van der Waals surface area (Å²) in [4.78, 5) is 21.5. The zero-order chi connectivity index (χ0) is 31.0. The molecule has 0 aromatic heterocycles. The summed E-state index contributed by atoms with van der Waals surface area (Å²) in [5, 5.41) is 0. The molecule has 220 valence electrons. The van der Waals surface area contributed by atoms with Gasteiger partial charge in [-0.1, -0.05) is 13.2 Å². The summed E-state index contributed by atoms with van der Waals surface area (Å²) in [6.45, 7) is 4.41. The van der Waals surface area contributed by atoms with E-state index in [4.69, 9.17) is 0 Å². The highest BCUT2D eigenvalue weighted by Crippen LogP contribution is 2.77. The number of halogens is 18. The molecule has 0 N–H and O–H groups in total. The predicted octanol–water partition coefficient (Wildman–Crippen LogP) is 5.87. The lowest BCUT2D eigenvalue weighted by Crippen LogP contribution is -2.94. The Morgan fingerprint density at radius 3 is 0.895 bits per heavy atom. The lowest BCUT2D eigenvalue weighted by molar-refractivity contribution is -0.538. The molecule has 0 heterocycles. The lowest BCUT2D eigenvalue weighted by atomic mass is 9.60. The van der Waals surface area contributed by atoms with Crippen LogP contribution >= 0.6 is 0 Å². The molecule has 1 rings (SSSR count). The second-order valence-corrected chi connectivity index (χ2v) is 7.05. The van der Waals surface area contributed by atoms with Gasteiger partial charge >= 0.3 is 59.7 Å². The van der Waals surface area contributed by atoms with Crippen LogP contribution in [-0.2, 0) is 19.1 Å². The molecule has 0 bridgehead atoms. The van der Waals surface area contributed by atoms with Gasteiger partial charge in [0.1, 0.15) is 0 Å². The fraction of sp³-hybridized carbons (Fsp3) is 0.625. The van der Waals surface area contributed by atoms with Crippen LogP contribution in [0.25, 0.3) is 0 Å². The van der Waals surface area contributed by atoms with Gasteiger partial charge in [0.05, 0.1) is 0 Å². The van der Waals surface area contributed by atoms with Gasteiger partial charge in [0.15, 0.2) is 0 Å². The van der Waals surface area contributed by atoms with Crippen molar-refractivity contribution < 1.29 is 98.1 Å². The molecule has 1 aliphatic rings. The SMILES string of the molecule is C=CC(=O)OC(F)(F)C(F)(F)C1(F)C(F)(F)C(F)(F)C(F)(F)C(F)(F)C1(F)C(F)(F)C(F)(F)OC(=O)C=C. The van der Waals surface area contributed by atoms with E-state index in [0.717, 1.165) is 0 Å². The van der Waals surface area contributed by atoms with Gasteiger partial charge in [-0.15, -0.1) is 0 Å². The Hall–Kier alpha value is -2.84. The van der Waals surface area contributed by atoms with Crippen LogP contribution in [-0.4, -0.2) is 71.0 Å². The largest absolute Gasteiger partial charge is 0.470 e. The van der Waals surface area contributed by atoms with Gasteiger partial charge in [0, 0.05) is 12.2 Å². The molecule has 2 unspecified atom stereocenters. The molecule has 0 aliphatic heterocycles. The molecule has 0 radical (unpaired) electrons. The van der Waals surface area contributed by atoms with E-state index in [1.807, 2.05) is 0 Å². The van der Waals surface area contributed by atoms with Crippen molar-refractivity contribution in [1.82, 2.24) is 0 Å². The van der Waals surface area contributed by atoms with Crippen molar-refractivity contribution in [1.29, 1.82) is 0 Å². The molecule has 0 amide bonds. The Bertz CT molecular complexity index is 940. The first-order chi connectivity index (χ1) is 16.4. The second-order valence-electron chi connectivity index (χ2n) is 7.05. The summed E-state index contributed by atoms with van der Waals surface area (Å²) < 4.78 is 259. The Morgan fingerprint density at radius 1 is 0.500 bits per heavy atom. The normalized spacial score (nSPS) is 28.7. The smallest absolute Gasteiger partial charge is 0.393 e. The van der Waals surface area contributed by atoms with E-state index in [0.29, 0.717) is 0 Å². The highest BCUT2D eigenvalue weighted by molar-refractivity contribution is 5.82. The van der Waals surface area contributed by atoms with Gasteiger partial charge in [-0.3, -0.25) is 0 Å². The zero-order valence-electron chi connectivity index (χ0n) is 17.0. The Morgan fingerprint density at radius 2 is 0.711 bits per heavy atom. The average Bonchev–Trinajstić information content (AvgIpc) is 2.74. The monoisotopic (exact) mass is 604 g/mol. The van der Waals surface area contributed by atoms with Crippen LogP contribution in [0.2, 0.25) is 0 Å². The maximum Gasteiger partial charge on any atom is 0.470 e. The number of alkyl halides is 18. The highest BCUT2D eigenvalue weighted by atomic mass is 19.4. The van der Waals surface area contributed by atoms with Crippen molar-refractivity contribution in [3.05, 3.63) is 25.3 Å². The summed E-state index contributed by atoms with van der Waals surface area (Å²) in [7, 11) is 0. The van der Waals surface area contributed by atoms with E-state index in [-0.39, 0.29) is 0 Å². The zero-order valence-corrected chi connectivity index (χ0v) is 17.0. The second kappa shape index (κ2) is 8.33. The molecule has 0 aromatic rings. The topological polar surface area (TPSA) is 52.6 Å². The number of carbonyl (C=O) groups excluding carboxylic acids is 2. The molecule has 0 aromatic carbocycles. The van der Waals surface area contributed by atoms with Crippen molar-refractivity contribution in [3.8, 4) is 0 Å². The Balaban J connectivity index is 4.48. The van der Waals surface area contributed by atoms with Crippen LogP contribution in [0.15, 0.2) is 25.3 Å². The van der Waals surface area contributed by atoms with Gasteiger partial charge in [-0.2, -0.15) is 70.2 Å². The third kappa shape index (κ3) is 3.35. The number of hydrogen-bond donors (Lipinski definition) is 0. The van der Waals surface area contributed by atoms with E-state index >= 15 is 8.78 Å². The molecular weight excluding hydrogens is 598 g/mol. The summed E-state index contributed by atoms with van der Waals surface area (Å²) >= 11 is 0. The minimum atomic E-state index is -9.28. The molecule has 2 atom stereocenters. The molecule has 38 heavy (non-hydrogen) atoms. The minimum Gasteiger partial charge on any atom is -0.393 e. The van der Waals surface area contributed by atoms with Crippen LogP contribution < -0.4 is 0 Å². The number of esters is 2. The average molecular weight is 604 g/mol. The molecule has 1 aliphatic carbocycles. The van der Waals surface area contributed by atoms with Gasteiger partial charge in [0.25, 0.3) is 11.3 Å². The third-order valence-corrected chi connectivity index (χ3v) is 4.91. The maximum absolute atomic E-state index is 15.2. The van der Waals surface area contributed by atoms with E-state index in [1.165, 1.54) is 0 Å². The van der Waals surface area contributed by atoms with Crippen molar-refractivity contribution in [2.45, 2.75) is 59.1 Å². The van der Waals surface area contributed by atoms with Crippen molar-refractivity contribution in [2.24, 2.45) is 0 Å². The molecule has 1 saturated carbocycles. The fourth-order valence-electron chi connectivity index (χ4n) is 2.95. The first-order valence-corrected chi connectivity index (χ1v) is 8.52. The maximum atomic E-state index is 15.2. The molecular formula is C16H6F18O4. The number of hydrogen-bond acceptors (Lipinski definition) is 4. The Labute approximate surface area is 195 Å². The molecule has 1 fully saturated rings. The third-order valence-electron chi connectivity index (χ3n) is 4.91. The number of ether oxygens (including phenoxy) is 2. The standard InChI is InChI=1S/C16H6F18O4/c1-3-5(35)37-15(31,32)11(23,24)7(17)8(18,12(25,26)16(33,34)38-6(36)4-2)10(21,22)14(29,30)13(27,28)9(7,19)20/h3-4H,1-2H2. The number of rotatable bonds is 8. The quantitative estimate of drug-likeness (QED) is 0.198. The van der Waals surface area contributed by atoms with Gasteiger partial charge in [0.2, 0.25) is 0 Å². The first kappa shape index (κ1) is 33.2. The van der Waals surface area contributed by atoms with Crippen molar-refractivity contribution in [3.63, 3.8) is 0 Å². The van der Waals surface area contributed by atoms with Crippen LogP contribution in [0.1, 0.15) is 0 Å². The van der Waals surface area contributed by atoms with Crippen LogP contribution in [0.3, 0.4) is 0 Å². The summed E-state index contributed by atoms with van der Waals surface area (Å²) in [6.07, 6.45) is -16.9. The van der Waals surface area contributed by atoms with Gasteiger partial charge in [-0.05, 0) is 0 Å². The minimum absolute atomic E-state index is 0.661. The van der Waals surface area contributed by atoms with E-state index in [1.54, 1.807) is 0 Å². The lowest BCUT2D eigenvalue weighted by Gasteiger charge is -2.59. The summed E-state index contributed by atoms with van der Waals surface area (Å²) in [5.74, 6) is -58.7. The molecule has 4 nitrogen and oxygen atoms in total. The van der Waals surface area contributed by atoms with Crippen LogP contribution in [0.5, 0.6) is 0 Å². The Kier molecular flexibility index (Phi) is 7.27. The molecule has 0 spiro atoms. The first-order valence-electron chi connectivity index (χ1n) is 8.52. The van der Waals surface area contributed by atoms with Crippen molar-refractivity contribution >= 4 is 11.9 Å². The fourth-order valence-corrected chi connectivity index (χ4v) is 2.95. The van der Waals surface area contributed by atoms with E-state index in [2.05, 4.69) is 22.6 Å². The van der Waals surface area contributed by atoms with E-state index < -0.39 is 83.2 Å².